The van der Waals surface area contributed by atoms with Crippen LogP contribution in [-0.4, -0.2) is 48.9 Å². The highest BCUT2D eigenvalue weighted by atomic mass is 35.5. The smallest absolute Gasteiger partial charge is 0.251 e. The molecule has 1 unspecified atom stereocenters. The molecule has 0 spiro atoms. The van der Waals surface area contributed by atoms with Crippen LogP contribution in [0.5, 0.6) is 0 Å². The Balaban J connectivity index is 0.00000288. The molecule has 0 aromatic heterocycles. The molecule has 1 atom stereocenters. The van der Waals surface area contributed by atoms with Gasteiger partial charge in [0, 0.05) is 36.8 Å². The maximum absolute atomic E-state index is 12.7. The largest absolute Gasteiger partial charge is 0.340 e. The van der Waals surface area contributed by atoms with Crippen molar-refractivity contribution >= 4 is 35.8 Å². The first-order chi connectivity index (χ1) is 11.0. The number of rotatable bonds is 5. The van der Waals surface area contributed by atoms with E-state index in [1.165, 1.54) is 0 Å². The van der Waals surface area contributed by atoms with E-state index in [0.29, 0.717) is 36.0 Å². The van der Waals surface area contributed by atoms with Gasteiger partial charge in [0.2, 0.25) is 5.91 Å². The molecule has 0 saturated carbocycles. The Morgan fingerprint density at radius 3 is 2.33 bits per heavy atom. The molecule has 24 heavy (non-hydrogen) atoms. The number of piperazine rings is 1. The fourth-order valence-electron chi connectivity index (χ4n) is 2.64. The maximum Gasteiger partial charge on any atom is 0.251 e. The molecule has 1 heterocycles. The summed E-state index contributed by atoms with van der Waals surface area (Å²) in [5.41, 5.74) is 0.510. The van der Waals surface area contributed by atoms with Gasteiger partial charge in [0.15, 0.2) is 0 Å². The van der Waals surface area contributed by atoms with Crippen molar-refractivity contribution in [2.24, 2.45) is 5.92 Å². The maximum atomic E-state index is 12.7. The van der Waals surface area contributed by atoms with Crippen LogP contribution in [0.3, 0.4) is 0 Å². The third-order valence-corrected chi connectivity index (χ3v) is 4.10. The molecule has 0 aliphatic carbocycles. The van der Waals surface area contributed by atoms with E-state index in [9.17, 15) is 9.59 Å². The lowest BCUT2D eigenvalue weighted by molar-refractivity contribution is -0.134. The second kappa shape index (κ2) is 9.87. The minimum Gasteiger partial charge on any atom is -0.340 e. The molecule has 134 valence electrons. The Hall–Kier alpha value is -1.30. The van der Waals surface area contributed by atoms with E-state index in [1.54, 1.807) is 24.3 Å². The first-order valence-corrected chi connectivity index (χ1v) is 8.41. The zero-order valence-electron chi connectivity index (χ0n) is 14.0. The van der Waals surface area contributed by atoms with Gasteiger partial charge in [-0.1, -0.05) is 25.4 Å². The summed E-state index contributed by atoms with van der Waals surface area (Å²) >= 11 is 5.84. The molecule has 0 radical (unpaired) electrons. The summed E-state index contributed by atoms with van der Waals surface area (Å²) in [7, 11) is 0. The Morgan fingerprint density at radius 1 is 1.21 bits per heavy atom. The molecule has 0 bridgehead atoms. The van der Waals surface area contributed by atoms with Crippen molar-refractivity contribution < 1.29 is 9.59 Å². The first kappa shape index (κ1) is 20.7. The minimum atomic E-state index is -0.490. The van der Waals surface area contributed by atoms with Gasteiger partial charge in [-0.25, -0.2) is 0 Å². The molecular formula is C17H25Cl2N3O2. The van der Waals surface area contributed by atoms with Gasteiger partial charge < -0.3 is 15.5 Å². The Kier molecular flexibility index (Phi) is 8.53. The summed E-state index contributed by atoms with van der Waals surface area (Å²) < 4.78 is 0. The van der Waals surface area contributed by atoms with Crippen molar-refractivity contribution in [3.05, 3.63) is 34.9 Å². The molecule has 2 N–H and O–H groups in total. The highest BCUT2D eigenvalue weighted by molar-refractivity contribution is 6.30. The third-order valence-electron chi connectivity index (χ3n) is 3.85. The van der Waals surface area contributed by atoms with E-state index in [2.05, 4.69) is 10.6 Å². The van der Waals surface area contributed by atoms with E-state index in [1.807, 2.05) is 18.7 Å². The number of hydrogen-bond acceptors (Lipinski definition) is 3. The number of nitrogens with one attached hydrogen (secondary N) is 2. The predicted molar refractivity (Wildman–Crippen MR) is 98.9 cm³/mol. The Labute approximate surface area is 154 Å². The normalized spacial score (nSPS) is 15.6. The third kappa shape index (κ3) is 5.96. The van der Waals surface area contributed by atoms with Gasteiger partial charge in [0.05, 0.1) is 0 Å². The summed E-state index contributed by atoms with van der Waals surface area (Å²) in [5, 5.41) is 6.70. The van der Waals surface area contributed by atoms with Gasteiger partial charge >= 0.3 is 0 Å². The van der Waals surface area contributed by atoms with Gasteiger partial charge in [-0.3, -0.25) is 9.59 Å². The SMILES string of the molecule is CC(C)CC(NC(=O)c1ccc(Cl)cc1)C(=O)N1CCNCC1.Cl. The number of carbonyl (C=O) groups excluding carboxylic acids is 2. The standard InChI is InChI=1S/C17H24ClN3O2.ClH/c1-12(2)11-15(17(23)21-9-7-19-8-10-21)20-16(22)13-3-5-14(18)6-4-13;/h3-6,12,15,19H,7-11H2,1-2H3,(H,20,22);1H. The molecule has 1 aromatic rings. The van der Waals surface area contributed by atoms with Crippen LogP contribution < -0.4 is 10.6 Å². The Morgan fingerprint density at radius 2 is 1.79 bits per heavy atom. The van der Waals surface area contributed by atoms with E-state index in [0.717, 1.165) is 13.1 Å². The van der Waals surface area contributed by atoms with Crippen molar-refractivity contribution in [2.45, 2.75) is 26.3 Å². The van der Waals surface area contributed by atoms with E-state index in [4.69, 9.17) is 11.6 Å². The number of nitrogens with zero attached hydrogens (tertiary/aromatic N) is 1. The Bertz CT molecular complexity index is 543. The monoisotopic (exact) mass is 373 g/mol. The zero-order chi connectivity index (χ0) is 16.8. The summed E-state index contributed by atoms with van der Waals surface area (Å²) in [5.74, 6) is 0.0793. The number of hydrogen-bond donors (Lipinski definition) is 2. The molecule has 1 fully saturated rings. The van der Waals surface area contributed by atoms with Gasteiger partial charge in [-0.15, -0.1) is 12.4 Å². The minimum absolute atomic E-state index is 0. The summed E-state index contributed by atoms with van der Waals surface area (Å²) in [6.07, 6.45) is 0.627. The van der Waals surface area contributed by atoms with Crippen LogP contribution in [0, 0.1) is 5.92 Å². The first-order valence-electron chi connectivity index (χ1n) is 8.03. The van der Waals surface area contributed by atoms with E-state index in [-0.39, 0.29) is 24.2 Å². The average molecular weight is 374 g/mol. The zero-order valence-corrected chi connectivity index (χ0v) is 15.6. The molecule has 1 saturated heterocycles. The van der Waals surface area contributed by atoms with E-state index >= 15 is 0 Å². The van der Waals surface area contributed by atoms with Gasteiger partial charge in [0.1, 0.15) is 6.04 Å². The number of carbonyl (C=O) groups is 2. The van der Waals surface area contributed by atoms with Crippen molar-refractivity contribution in [3.63, 3.8) is 0 Å². The summed E-state index contributed by atoms with van der Waals surface area (Å²) in [6, 6.07) is 6.19. The fraction of sp³-hybridized carbons (Fsp3) is 0.529. The molecule has 1 aliphatic rings. The fourth-order valence-corrected chi connectivity index (χ4v) is 2.77. The lowest BCUT2D eigenvalue weighted by atomic mass is 10.0. The summed E-state index contributed by atoms with van der Waals surface area (Å²) in [4.78, 5) is 26.9. The van der Waals surface area contributed by atoms with Crippen LogP contribution in [0.4, 0.5) is 0 Å². The summed E-state index contributed by atoms with van der Waals surface area (Å²) in [6.45, 7) is 7.06. The molecule has 7 heteroatoms. The number of halogens is 2. The lowest BCUT2D eigenvalue weighted by Crippen LogP contribution is -2.54. The van der Waals surface area contributed by atoms with Gasteiger partial charge in [-0.05, 0) is 36.6 Å². The van der Waals surface area contributed by atoms with Crippen LogP contribution in [0.2, 0.25) is 5.02 Å². The van der Waals surface area contributed by atoms with Gasteiger partial charge in [0.25, 0.3) is 5.91 Å². The second-order valence-corrected chi connectivity index (χ2v) is 6.67. The number of amides is 2. The van der Waals surface area contributed by atoms with Crippen LogP contribution in [0.1, 0.15) is 30.6 Å². The van der Waals surface area contributed by atoms with Crippen LogP contribution >= 0.6 is 24.0 Å². The molecule has 2 amide bonds. The lowest BCUT2D eigenvalue weighted by Gasteiger charge is -2.31. The average Bonchev–Trinajstić information content (AvgIpc) is 2.54. The highest BCUT2D eigenvalue weighted by Gasteiger charge is 2.27. The second-order valence-electron chi connectivity index (χ2n) is 6.24. The van der Waals surface area contributed by atoms with Crippen LogP contribution in [0.25, 0.3) is 0 Å². The predicted octanol–water partition coefficient (Wildman–Crippen LogP) is 2.34. The molecular weight excluding hydrogens is 349 g/mol. The van der Waals surface area contributed by atoms with Crippen molar-refractivity contribution in [1.29, 1.82) is 0 Å². The van der Waals surface area contributed by atoms with E-state index < -0.39 is 6.04 Å². The van der Waals surface area contributed by atoms with Crippen LogP contribution in [0.15, 0.2) is 24.3 Å². The topological polar surface area (TPSA) is 61.4 Å². The van der Waals surface area contributed by atoms with Crippen molar-refractivity contribution in [2.75, 3.05) is 26.2 Å². The quantitative estimate of drug-likeness (QED) is 0.832. The van der Waals surface area contributed by atoms with Crippen molar-refractivity contribution in [3.8, 4) is 0 Å². The molecule has 1 aromatic carbocycles. The van der Waals surface area contributed by atoms with Crippen molar-refractivity contribution in [1.82, 2.24) is 15.5 Å². The highest BCUT2D eigenvalue weighted by Crippen LogP contribution is 2.12. The van der Waals surface area contributed by atoms with Gasteiger partial charge in [-0.2, -0.15) is 0 Å². The molecule has 1 aliphatic heterocycles. The molecule has 2 rings (SSSR count). The number of benzene rings is 1. The molecule has 5 nitrogen and oxygen atoms in total. The van der Waals surface area contributed by atoms with Crippen LogP contribution in [-0.2, 0) is 4.79 Å².